The molecule has 1 unspecified atom stereocenters. The fraction of sp³-hybridized carbons (Fsp3) is 0.600. The largest absolute Gasteiger partial charge is 0.468 e. The third-order valence-corrected chi connectivity index (χ3v) is 2.93. The van der Waals surface area contributed by atoms with Gasteiger partial charge in [0, 0.05) is 13.1 Å². The zero-order valence-electron chi connectivity index (χ0n) is 7.95. The molecule has 1 spiro atoms. The summed E-state index contributed by atoms with van der Waals surface area (Å²) in [6.45, 7) is 2.59. The van der Waals surface area contributed by atoms with Gasteiger partial charge in [-0.15, -0.1) is 0 Å². The molecule has 1 aromatic heterocycles. The van der Waals surface area contributed by atoms with Gasteiger partial charge in [-0.25, -0.2) is 0 Å². The third kappa shape index (κ3) is 1.27. The van der Waals surface area contributed by atoms with Gasteiger partial charge in [-0.2, -0.15) is 0 Å². The number of rotatable bonds is 1. The van der Waals surface area contributed by atoms with E-state index in [1.165, 1.54) is 0 Å². The normalized spacial score (nSPS) is 30.1. The Hall–Kier alpha value is -0.840. The molecule has 0 saturated carbocycles. The van der Waals surface area contributed by atoms with Crippen LogP contribution >= 0.6 is 0 Å². The van der Waals surface area contributed by atoms with E-state index in [2.05, 4.69) is 10.6 Å². The number of nitrogens with one attached hydrogen (secondary N) is 2. The van der Waals surface area contributed by atoms with Gasteiger partial charge < -0.3 is 14.5 Å². The van der Waals surface area contributed by atoms with Crippen LogP contribution in [0.1, 0.15) is 18.2 Å². The van der Waals surface area contributed by atoms with Crippen molar-refractivity contribution in [1.29, 1.82) is 0 Å². The minimum atomic E-state index is -0.129. The van der Waals surface area contributed by atoms with Gasteiger partial charge in [-0.3, -0.25) is 5.32 Å². The molecule has 3 heterocycles. The lowest BCUT2D eigenvalue weighted by molar-refractivity contribution is -0.142. The Morgan fingerprint density at radius 1 is 1.43 bits per heavy atom. The highest BCUT2D eigenvalue weighted by atomic mass is 16.5. The highest BCUT2D eigenvalue weighted by Gasteiger charge is 2.43. The van der Waals surface area contributed by atoms with Crippen molar-refractivity contribution >= 4 is 0 Å². The van der Waals surface area contributed by atoms with Crippen LogP contribution in [-0.4, -0.2) is 25.4 Å². The predicted molar refractivity (Wildman–Crippen MR) is 50.8 cm³/mol. The highest BCUT2D eigenvalue weighted by Crippen LogP contribution is 2.28. The summed E-state index contributed by atoms with van der Waals surface area (Å²) in [5.74, 6) is 1.01. The second-order valence-electron chi connectivity index (χ2n) is 3.95. The molecular weight excluding hydrogens is 180 g/mol. The average Bonchev–Trinajstić information content (AvgIpc) is 2.68. The van der Waals surface area contributed by atoms with Gasteiger partial charge in [0.1, 0.15) is 11.5 Å². The maximum atomic E-state index is 5.71. The second-order valence-corrected chi connectivity index (χ2v) is 3.95. The fourth-order valence-corrected chi connectivity index (χ4v) is 2.06. The first-order valence-electron chi connectivity index (χ1n) is 5.04. The molecule has 4 nitrogen and oxygen atoms in total. The molecule has 2 fully saturated rings. The lowest BCUT2D eigenvalue weighted by atomic mass is 10.0. The summed E-state index contributed by atoms with van der Waals surface area (Å²) >= 11 is 0. The minimum Gasteiger partial charge on any atom is -0.468 e. The summed E-state index contributed by atoms with van der Waals surface area (Å²) in [7, 11) is 0. The number of furan rings is 1. The van der Waals surface area contributed by atoms with Crippen molar-refractivity contribution in [3.63, 3.8) is 0 Å². The molecule has 0 aromatic carbocycles. The van der Waals surface area contributed by atoms with E-state index in [4.69, 9.17) is 9.15 Å². The van der Waals surface area contributed by atoms with Gasteiger partial charge in [0.25, 0.3) is 0 Å². The maximum Gasteiger partial charge on any atom is 0.144 e. The SMILES string of the molecule is c1coc(C2CCOC3(CNC3)N2)c1. The topological polar surface area (TPSA) is 46.4 Å². The van der Waals surface area contributed by atoms with Crippen LogP contribution in [0.5, 0.6) is 0 Å². The molecule has 2 saturated heterocycles. The monoisotopic (exact) mass is 194 g/mol. The summed E-state index contributed by atoms with van der Waals surface area (Å²) in [5.41, 5.74) is -0.129. The Morgan fingerprint density at radius 3 is 3.00 bits per heavy atom. The molecule has 2 N–H and O–H groups in total. The summed E-state index contributed by atoms with van der Waals surface area (Å²) in [6.07, 6.45) is 2.70. The maximum absolute atomic E-state index is 5.71. The van der Waals surface area contributed by atoms with E-state index in [0.29, 0.717) is 6.04 Å². The summed E-state index contributed by atoms with van der Waals surface area (Å²) in [5, 5.41) is 6.71. The van der Waals surface area contributed by atoms with Crippen molar-refractivity contribution in [3.05, 3.63) is 24.2 Å². The van der Waals surface area contributed by atoms with E-state index in [1.807, 2.05) is 12.1 Å². The fourth-order valence-electron chi connectivity index (χ4n) is 2.06. The van der Waals surface area contributed by atoms with Crippen molar-refractivity contribution in [2.24, 2.45) is 0 Å². The third-order valence-electron chi connectivity index (χ3n) is 2.93. The lowest BCUT2D eigenvalue weighted by Gasteiger charge is -2.47. The van der Waals surface area contributed by atoms with Crippen molar-refractivity contribution in [3.8, 4) is 0 Å². The molecule has 4 heteroatoms. The highest BCUT2D eigenvalue weighted by molar-refractivity contribution is 5.08. The van der Waals surface area contributed by atoms with E-state index in [0.717, 1.165) is 31.9 Å². The zero-order valence-corrected chi connectivity index (χ0v) is 7.95. The number of ether oxygens (including phenoxy) is 1. The van der Waals surface area contributed by atoms with E-state index >= 15 is 0 Å². The smallest absolute Gasteiger partial charge is 0.144 e. The molecule has 0 amide bonds. The number of hydrogen-bond donors (Lipinski definition) is 2. The quantitative estimate of drug-likeness (QED) is 0.688. The van der Waals surface area contributed by atoms with Crippen LogP contribution in [0.4, 0.5) is 0 Å². The molecule has 1 atom stereocenters. The number of hydrogen-bond acceptors (Lipinski definition) is 4. The van der Waals surface area contributed by atoms with Crippen LogP contribution in [0.15, 0.2) is 22.8 Å². The first-order valence-corrected chi connectivity index (χ1v) is 5.04. The average molecular weight is 194 g/mol. The van der Waals surface area contributed by atoms with Gasteiger partial charge in [0.2, 0.25) is 0 Å². The molecule has 14 heavy (non-hydrogen) atoms. The molecule has 0 bridgehead atoms. The Bertz CT molecular complexity index is 306. The molecule has 0 aliphatic carbocycles. The Labute approximate surface area is 82.6 Å². The van der Waals surface area contributed by atoms with E-state index in [-0.39, 0.29) is 5.72 Å². The van der Waals surface area contributed by atoms with Crippen molar-refractivity contribution in [2.45, 2.75) is 18.2 Å². The van der Waals surface area contributed by atoms with Gasteiger partial charge in [0.15, 0.2) is 0 Å². The lowest BCUT2D eigenvalue weighted by Crippen LogP contribution is -2.71. The predicted octanol–water partition coefficient (Wildman–Crippen LogP) is 0.630. The first-order chi connectivity index (χ1) is 6.88. The first kappa shape index (κ1) is 8.47. The zero-order chi connectivity index (χ0) is 9.43. The van der Waals surface area contributed by atoms with Crippen molar-refractivity contribution in [1.82, 2.24) is 10.6 Å². The molecule has 2 aliphatic rings. The van der Waals surface area contributed by atoms with Gasteiger partial charge >= 0.3 is 0 Å². The van der Waals surface area contributed by atoms with Crippen LogP contribution in [0, 0.1) is 0 Å². The van der Waals surface area contributed by atoms with E-state index in [1.54, 1.807) is 6.26 Å². The van der Waals surface area contributed by atoms with Gasteiger partial charge in [-0.1, -0.05) is 0 Å². The van der Waals surface area contributed by atoms with Crippen LogP contribution in [-0.2, 0) is 4.74 Å². The Kier molecular flexibility index (Phi) is 1.87. The van der Waals surface area contributed by atoms with Crippen LogP contribution < -0.4 is 10.6 Å². The van der Waals surface area contributed by atoms with E-state index in [9.17, 15) is 0 Å². The second kappa shape index (κ2) is 3.08. The van der Waals surface area contributed by atoms with Gasteiger partial charge in [0.05, 0.1) is 18.9 Å². The minimum absolute atomic E-state index is 0.129. The Morgan fingerprint density at radius 2 is 2.36 bits per heavy atom. The molecule has 76 valence electrons. The Balaban J connectivity index is 1.75. The van der Waals surface area contributed by atoms with Crippen LogP contribution in [0.25, 0.3) is 0 Å². The molecule has 1 aromatic rings. The van der Waals surface area contributed by atoms with Crippen LogP contribution in [0.2, 0.25) is 0 Å². The molecule has 0 radical (unpaired) electrons. The summed E-state index contributed by atoms with van der Waals surface area (Å²) < 4.78 is 11.1. The molecular formula is C10H14N2O2. The van der Waals surface area contributed by atoms with Gasteiger partial charge in [-0.05, 0) is 18.6 Å². The van der Waals surface area contributed by atoms with Crippen LogP contribution in [0.3, 0.4) is 0 Å². The van der Waals surface area contributed by atoms with Crippen molar-refractivity contribution < 1.29 is 9.15 Å². The summed E-state index contributed by atoms with van der Waals surface area (Å²) in [4.78, 5) is 0. The molecule has 2 aliphatic heterocycles. The summed E-state index contributed by atoms with van der Waals surface area (Å²) in [6, 6.07) is 4.25. The standard InChI is InChI=1S/C10H14N2O2/c1-2-9(13-4-1)8-3-5-14-10(12-8)6-11-7-10/h1-2,4,8,11-12H,3,5-7H2. The molecule has 3 rings (SSSR count). The van der Waals surface area contributed by atoms with E-state index < -0.39 is 0 Å². The van der Waals surface area contributed by atoms with Crippen molar-refractivity contribution in [2.75, 3.05) is 19.7 Å².